The number of nitrogens with two attached hydrogens (primary N) is 1. The lowest BCUT2D eigenvalue weighted by atomic mass is 10.1. The molecule has 0 saturated carbocycles. The molecule has 0 amide bonds. The van der Waals surface area contributed by atoms with Crippen LogP contribution in [0.2, 0.25) is 0 Å². The van der Waals surface area contributed by atoms with Crippen molar-refractivity contribution in [2.45, 2.75) is 18.8 Å². The number of nitrogens with zero attached hydrogens (tertiary/aromatic N) is 1. The van der Waals surface area contributed by atoms with E-state index in [1.165, 1.54) is 12.1 Å². The van der Waals surface area contributed by atoms with Gasteiger partial charge in [-0.05, 0) is 11.6 Å². The molecule has 3 N–H and O–H groups in total. The predicted molar refractivity (Wildman–Crippen MR) is 43.1 cm³/mol. The van der Waals surface area contributed by atoms with Crippen LogP contribution in [0.5, 0.6) is 0 Å². The minimum Gasteiger partial charge on any atom is -0.390 e. The predicted octanol–water partition coefficient (Wildman–Crippen LogP) is 1.14. The monoisotopic (exact) mass is 206 g/mol. The van der Waals surface area contributed by atoms with Gasteiger partial charge in [-0.25, -0.2) is 0 Å². The molecule has 0 unspecified atom stereocenters. The van der Waals surface area contributed by atoms with Gasteiger partial charge in [-0.2, -0.15) is 13.2 Å². The van der Waals surface area contributed by atoms with Gasteiger partial charge in [0.05, 0.1) is 12.3 Å². The number of aromatic nitrogens is 1. The molecule has 0 aromatic carbocycles. The Morgan fingerprint density at radius 1 is 1.43 bits per heavy atom. The molecule has 78 valence electrons. The van der Waals surface area contributed by atoms with Crippen molar-refractivity contribution in [3.63, 3.8) is 0 Å². The smallest absolute Gasteiger partial charge is 0.390 e. The Kier molecular flexibility index (Phi) is 3.07. The minimum absolute atomic E-state index is 0.116. The van der Waals surface area contributed by atoms with Crippen LogP contribution in [-0.4, -0.2) is 16.3 Å². The highest BCUT2D eigenvalue weighted by Gasteiger charge is 2.37. The summed E-state index contributed by atoms with van der Waals surface area (Å²) in [7, 11) is 0. The van der Waals surface area contributed by atoms with Crippen LogP contribution < -0.4 is 5.73 Å². The van der Waals surface area contributed by atoms with Gasteiger partial charge in [-0.1, -0.05) is 6.07 Å². The van der Waals surface area contributed by atoms with Gasteiger partial charge in [0, 0.05) is 6.20 Å². The third-order valence-electron chi connectivity index (χ3n) is 1.72. The molecule has 0 fully saturated rings. The van der Waals surface area contributed by atoms with Crippen molar-refractivity contribution in [2.24, 2.45) is 5.73 Å². The van der Waals surface area contributed by atoms with Crippen LogP contribution in [0.1, 0.15) is 17.3 Å². The van der Waals surface area contributed by atoms with Crippen LogP contribution >= 0.6 is 0 Å². The molecule has 0 saturated heterocycles. The van der Waals surface area contributed by atoms with Gasteiger partial charge in [0.2, 0.25) is 0 Å². The molecule has 0 bridgehead atoms. The van der Waals surface area contributed by atoms with Gasteiger partial charge in [0.25, 0.3) is 0 Å². The zero-order chi connectivity index (χ0) is 10.8. The highest BCUT2D eigenvalue weighted by Crippen LogP contribution is 2.29. The Hall–Kier alpha value is -1.14. The maximum atomic E-state index is 12.1. The van der Waals surface area contributed by atoms with E-state index in [9.17, 15) is 13.2 Å². The Balaban J connectivity index is 2.87. The first-order valence-electron chi connectivity index (χ1n) is 3.83. The third kappa shape index (κ3) is 2.43. The standard InChI is InChI=1S/C8H9F3N2O/c9-8(10,11)7(12)5-1-2-6(4-14)13-3-5/h1-3,7,14H,4,12H2/t7-/m0/s1. The van der Waals surface area contributed by atoms with Crippen molar-refractivity contribution in [1.82, 2.24) is 4.98 Å². The summed E-state index contributed by atoms with van der Waals surface area (Å²) in [6.07, 6.45) is -3.45. The van der Waals surface area contributed by atoms with E-state index in [1.54, 1.807) is 0 Å². The molecule has 1 rings (SSSR count). The van der Waals surface area contributed by atoms with Crippen LogP contribution in [0.3, 0.4) is 0 Å². The Bertz CT molecular complexity index is 296. The highest BCUT2D eigenvalue weighted by molar-refractivity contribution is 5.18. The first kappa shape index (κ1) is 10.9. The van der Waals surface area contributed by atoms with Gasteiger partial charge in [-0.15, -0.1) is 0 Å². The van der Waals surface area contributed by atoms with Gasteiger partial charge in [0.15, 0.2) is 0 Å². The van der Waals surface area contributed by atoms with E-state index in [0.717, 1.165) is 6.20 Å². The van der Waals surface area contributed by atoms with E-state index in [2.05, 4.69) is 4.98 Å². The van der Waals surface area contributed by atoms with E-state index >= 15 is 0 Å². The number of halogens is 3. The summed E-state index contributed by atoms with van der Waals surface area (Å²) < 4.78 is 36.3. The van der Waals surface area contributed by atoms with E-state index in [0.29, 0.717) is 5.69 Å². The number of hydrogen-bond acceptors (Lipinski definition) is 3. The van der Waals surface area contributed by atoms with Crippen LogP contribution in [0.15, 0.2) is 18.3 Å². The topological polar surface area (TPSA) is 59.1 Å². The zero-order valence-electron chi connectivity index (χ0n) is 7.12. The van der Waals surface area contributed by atoms with Gasteiger partial charge >= 0.3 is 6.18 Å². The average Bonchev–Trinajstić information content (AvgIpc) is 2.15. The van der Waals surface area contributed by atoms with Crippen LogP contribution in [-0.2, 0) is 6.61 Å². The lowest BCUT2D eigenvalue weighted by Crippen LogP contribution is -2.28. The lowest BCUT2D eigenvalue weighted by molar-refractivity contribution is -0.149. The normalized spacial score (nSPS) is 14.1. The molecule has 1 aromatic rings. The molecule has 1 aromatic heterocycles. The summed E-state index contributed by atoms with van der Waals surface area (Å²) in [6.45, 7) is -0.304. The maximum absolute atomic E-state index is 12.1. The molecule has 0 aliphatic rings. The van der Waals surface area contributed by atoms with Gasteiger partial charge in [-0.3, -0.25) is 4.98 Å². The first-order chi connectivity index (χ1) is 6.45. The van der Waals surface area contributed by atoms with E-state index in [-0.39, 0.29) is 12.2 Å². The Morgan fingerprint density at radius 2 is 2.07 bits per heavy atom. The molecule has 0 aliphatic carbocycles. The molecule has 1 heterocycles. The summed E-state index contributed by atoms with van der Waals surface area (Å²) >= 11 is 0. The number of hydrogen-bond donors (Lipinski definition) is 2. The van der Waals surface area contributed by atoms with Crippen molar-refractivity contribution in [3.8, 4) is 0 Å². The molecule has 0 radical (unpaired) electrons. The van der Waals surface area contributed by atoms with Crippen molar-refractivity contribution < 1.29 is 18.3 Å². The van der Waals surface area contributed by atoms with Crippen molar-refractivity contribution in [2.75, 3.05) is 0 Å². The molecule has 1 atom stereocenters. The number of alkyl halides is 3. The molecule has 3 nitrogen and oxygen atoms in total. The summed E-state index contributed by atoms with van der Waals surface area (Å²) in [5.74, 6) is 0. The van der Waals surface area contributed by atoms with E-state index in [4.69, 9.17) is 10.8 Å². The summed E-state index contributed by atoms with van der Waals surface area (Å²) in [5, 5.41) is 8.61. The second-order valence-electron chi connectivity index (χ2n) is 2.76. The summed E-state index contributed by atoms with van der Waals surface area (Å²) in [5.41, 5.74) is 5.13. The average molecular weight is 206 g/mol. The molecular weight excluding hydrogens is 197 g/mol. The van der Waals surface area contributed by atoms with Crippen LogP contribution in [0.4, 0.5) is 13.2 Å². The number of rotatable bonds is 2. The van der Waals surface area contributed by atoms with E-state index < -0.39 is 12.2 Å². The van der Waals surface area contributed by atoms with Gasteiger partial charge in [0.1, 0.15) is 6.04 Å². The highest BCUT2D eigenvalue weighted by atomic mass is 19.4. The van der Waals surface area contributed by atoms with Crippen molar-refractivity contribution in [1.29, 1.82) is 0 Å². The Labute approximate surface area is 78.4 Å². The molecule has 6 heteroatoms. The quantitative estimate of drug-likeness (QED) is 0.762. The number of pyridine rings is 1. The second kappa shape index (κ2) is 3.93. The van der Waals surface area contributed by atoms with Crippen molar-refractivity contribution in [3.05, 3.63) is 29.6 Å². The minimum atomic E-state index is -4.47. The SMILES string of the molecule is N[C@@H](c1ccc(CO)nc1)C(F)(F)F. The zero-order valence-corrected chi connectivity index (χ0v) is 7.12. The molecular formula is C8H9F3N2O. The molecule has 0 aliphatic heterocycles. The van der Waals surface area contributed by atoms with Crippen LogP contribution in [0.25, 0.3) is 0 Å². The fourth-order valence-electron chi connectivity index (χ4n) is 0.902. The summed E-state index contributed by atoms with van der Waals surface area (Å²) in [4.78, 5) is 3.60. The van der Waals surface area contributed by atoms with Gasteiger partial charge < -0.3 is 10.8 Å². The maximum Gasteiger partial charge on any atom is 0.407 e. The first-order valence-corrected chi connectivity index (χ1v) is 3.83. The molecule has 0 spiro atoms. The largest absolute Gasteiger partial charge is 0.407 e. The fourth-order valence-corrected chi connectivity index (χ4v) is 0.902. The fraction of sp³-hybridized carbons (Fsp3) is 0.375. The van der Waals surface area contributed by atoms with E-state index in [1.807, 2.05) is 0 Å². The number of aliphatic hydroxyl groups is 1. The van der Waals surface area contributed by atoms with Crippen molar-refractivity contribution >= 4 is 0 Å². The van der Waals surface area contributed by atoms with Crippen LogP contribution in [0, 0.1) is 0 Å². The second-order valence-corrected chi connectivity index (χ2v) is 2.76. The molecule has 14 heavy (non-hydrogen) atoms. The number of aliphatic hydroxyl groups excluding tert-OH is 1. The Morgan fingerprint density at radius 3 is 2.43 bits per heavy atom. The summed E-state index contributed by atoms with van der Waals surface area (Å²) in [6, 6.07) is 0.486. The third-order valence-corrected chi connectivity index (χ3v) is 1.72. The lowest BCUT2D eigenvalue weighted by Gasteiger charge is -2.15.